The molecular formula is C12H13F3O2. The average Bonchev–Trinajstić information content (AvgIpc) is 2.26. The summed E-state index contributed by atoms with van der Waals surface area (Å²) in [5.74, 6) is -3.44. The van der Waals surface area contributed by atoms with E-state index < -0.39 is 18.1 Å². The molecule has 0 unspecified atom stereocenters. The van der Waals surface area contributed by atoms with Crippen LogP contribution in [0.25, 0.3) is 0 Å². The van der Waals surface area contributed by atoms with Crippen molar-refractivity contribution >= 4 is 5.97 Å². The molecule has 0 saturated carbocycles. The maximum absolute atomic E-state index is 12.8. The summed E-state index contributed by atoms with van der Waals surface area (Å²) in [4.78, 5) is 11.4. The van der Waals surface area contributed by atoms with E-state index in [9.17, 15) is 18.0 Å². The molecule has 1 aromatic rings. The summed E-state index contributed by atoms with van der Waals surface area (Å²) in [6.45, 7) is 1.72. The zero-order valence-electron chi connectivity index (χ0n) is 9.33. The van der Waals surface area contributed by atoms with Crippen LogP contribution in [0.3, 0.4) is 0 Å². The minimum absolute atomic E-state index is 0.00174. The molecule has 1 atom stereocenters. The van der Waals surface area contributed by atoms with Gasteiger partial charge in [-0.05, 0) is 12.0 Å². The number of carbonyl (C=O) groups is 1. The van der Waals surface area contributed by atoms with E-state index in [1.807, 2.05) is 0 Å². The highest BCUT2D eigenvalue weighted by Gasteiger charge is 2.47. The van der Waals surface area contributed by atoms with Gasteiger partial charge in [-0.1, -0.05) is 37.3 Å². The molecule has 0 N–H and O–H groups in total. The predicted octanol–water partition coefficient (Wildman–Crippen LogP) is 3.29. The van der Waals surface area contributed by atoms with Gasteiger partial charge in [0.25, 0.3) is 0 Å². The lowest BCUT2D eigenvalue weighted by molar-refractivity contribution is -0.181. The van der Waals surface area contributed by atoms with Crippen molar-refractivity contribution in [2.24, 2.45) is 0 Å². The third kappa shape index (κ3) is 3.76. The lowest BCUT2D eigenvalue weighted by atomic mass is 9.99. The Bertz CT molecular complexity index is 360. The van der Waals surface area contributed by atoms with Gasteiger partial charge in [0.2, 0.25) is 0 Å². The van der Waals surface area contributed by atoms with Crippen molar-refractivity contribution in [2.75, 3.05) is 6.61 Å². The van der Waals surface area contributed by atoms with Crippen LogP contribution in [-0.2, 0) is 9.53 Å². The standard InChI is InChI=1S/C12H13F3O2/c1-2-8-17-11(16)10(12(13,14)15)9-6-4-3-5-7-9/h3-7,10H,2,8H2,1H3/t10-/m1/s1. The van der Waals surface area contributed by atoms with Crippen LogP contribution in [0.1, 0.15) is 24.8 Å². The van der Waals surface area contributed by atoms with Crippen LogP contribution in [0.5, 0.6) is 0 Å². The molecular weight excluding hydrogens is 233 g/mol. The van der Waals surface area contributed by atoms with Crippen LogP contribution < -0.4 is 0 Å². The van der Waals surface area contributed by atoms with Crippen LogP contribution in [-0.4, -0.2) is 18.8 Å². The average molecular weight is 246 g/mol. The van der Waals surface area contributed by atoms with Crippen molar-refractivity contribution < 1.29 is 22.7 Å². The van der Waals surface area contributed by atoms with Crippen molar-refractivity contribution in [2.45, 2.75) is 25.4 Å². The molecule has 1 rings (SSSR count). The van der Waals surface area contributed by atoms with Crippen molar-refractivity contribution in [1.29, 1.82) is 0 Å². The van der Waals surface area contributed by atoms with Gasteiger partial charge in [0.05, 0.1) is 6.61 Å². The van der Waals surface area contributed by atoms with Gasteiger partial charge in [-0.15, -0.1) is 0 Å². The van der Waals surface area contributed by atoms with E-state index in [1.54, 1.807) is 13.0 Å². The first kappa shape index (κ1) is 13.5. The number of benzene rings is 1. The Morgan fingerprint density at radius 3 is 2.35 bits per heavy atom. The zero-order chi connectivity index (χ0) is 12.9. The summed E-state index contributed by atoms with van der Waals surface area (Å²) in [5, 5.41) is 0. The molecule has 0 saturated heterocycles. The Balaban J connectivity index is 2.94. The first-order valence-corrected chi connectivity index (χ1v) is 5.25. The fraction of sp³-hybridized carbons (Fsp3) is 0.417. The van der Waals surface area contributed by atoms with Crippen LogP contribution in [0.2, 0.25) is 0 Å². The second-order valence-corrected chi connectivity index (χ2v) is 3.55. The molecule has 5 heteroatoms. The fourth-order valence-corrected chi connectivity index (χ4v) is 1.39. The third-order valence-electron chi connectivity index (χ3n) is 2.14. The number of esters is 1. The summed E-state index contributed by atoms with van der Waals surface area (Å²) in [6, 6.07) is 7.05. The quantitative estimate of drug-likeness (QED) is 0.762. The molecule has 0 aliphatic rings. The second kappa shape index (κ2) is 5.70. The van der Waals surface area contributed by atoms with E-state index >= 15 is 0 Å². The highest BCUT2D eigenvalue weighted by atomic mass is 19.4. The van der Waals surface area contributed by atoms with Crippen LogP contribution in [0.15, 0.2) is 30.3 Å². The van der Waals surface area contributed by atoms with Crippen molar-refractivity contribution in [3.8, 4) is 0 Å². The zero-order valence-corrected chi connectivity index (χ0v) is 9.33. The number of alkyl halides is 3. The van der Waals surface area contributed by atoms with Gasteiger partial charge in [0.15, 0.2) is 5.92 Å². The Morgan fingerprint density at radius 1 is 1.29 bits per heavy atom. The van der Waals surface area contributed by atoms with E-state index in [2.05, 4.69) is 4.74 Å². The number of halogens is 3. The molecule has 0 radical (unpaired) electrons. The number of carbonyl (C=O) groups excluding carboxylic acids is 1. The van der Waals surface area contributed by atoms with E-state index in [1.165, 1.54) is 24.3 Å². The van der Waals surface area contributed by atoms with Gasteiger partial charge in [-0.3, -0.25) is 4.79 Å². The lowest BCUT2D eigenvalue weighted by Gasteiger charge is -2.19. The monoisotopic (exact) mass is 246 g/mol. The maximum Gasteiger partial charge on any atom is 0.406 e. The van der Waals surface area contributed by atoms with Gasteiger partial charge >= 0.3 is 12.1 Å². The van der Waals surface area contributed by atoms with Crippen molar-refractivity contribution in [1.82, 2.24) is 0 Å². The second-order valence-electron chi connectivity index (χ2n) is 3.55. The Morgan fingerprint density at radius 2 is 1.88 bits per heavy atom. The van der Waals surface area contributed by atoms with Gasteiger partial charge < -0.3 is 4.74 Å². The molecule has 2 nitrogen and oxygen atoms in total. The fourth-order valence-electron chi connectivity index (χ4n) is 1.39. The van der Waals surface area contributed by atoms with E-state index in [4.69, 9.17) is 0 Å². The Kier molecular flexibility index (Phi) is 4.54. The van der Waals surface area contributed by atoms with Crippen LogP contribution in [0, 0.1) is 0 Å². The first-order chi connectivity index (χ1) is 7.96. The molecule has 0 aromatic heterocycles. The SMILES string of the molecule is CCCOC(=O)[C@@H](c1ccccc1)C(F)(F)F. The third-order valence-corrected chi connectivity index (χ3v) is 2.14. The molecule has 0 bridgehead atoms. The minimum atomic E-state index is -4.63. The minimum Gasteiger partial charge on any atom is -0.465 e. The lowest BCUT2D eigenvalue weighted by Crippen LogP contribution is -2.30. The highest BCUT2D eigenvalue weighted by molar-refractivity contribution is 5.79. The summed E-state index contributed by atoms with van der Waals surface area (Å²) >= 11 is 0. The normalized spacial score (nSPS) is 13.2. The number of hydrogen-bond acceptors (Lipinski definition) is 2. The smallest absolute Gasteiger partial charge is 0.406 e. The van der Waals surface area contributed by atoms with Crippen LogP contribution >= 0.6 is 0 Å². The molecule has 0 aliphatic heterocycles. The van der Waals surface area contributed by atoms with Gasteiger partial charge in [-0.2, -0.15) is 13.2 Å². The molecule has 0 fully saturated rings. The summed E-state index contributed by atoms with van der Waals surface area (Å²) in [6.07, 6.45) is -4.14. The number of ether oxygens (including phenoxy) is 1. The predicted molar refractivity (Wildman–Crippen MR) is 56.5 cm³/mol. The first-order valence-electron chi connectivity index (χ1n) is 5.25. The van der Waals surface area contributed by atoms with E-state index in [0.717, 1.165) is 0 Å². The van der Waals surface area contributed by atoms with Gasteiger partial charge in [-0.25, -0.2) is 0 Å². The van der Waals surface area contributed by atoms with Gasteiger partial charge in [0.1, 0.15) is 0 Å². The Labute approximate surface area is 97.4 Å². The topological polar surface area (TPSA) is 26.3 Å². The molecule has 0 aliphatic carbocycles. The van der Waals surface area contributed by atoms with E-state index in [0.29, 0.717) is 6.42 Å². The number of rotatable bonds is 4. The molecule has 0 heterocycles. The van der Waals surface area contributed by atoms with E-state index in [-0.39, 0.29) is 12.2 Å². The van der Waals surface area contributed by atoms with Crippen molar-refractivity contribution in [3.05, 3.63) is 35.9 Å². The molecule has 94 valence electrons. The molecule has 17 heavy (non-hydrogen) atoms. The summed E-state index contributed by atoms with van der Waals surface area (Å²) < 4.78 is 42.9. The van der Waals surface area contributed by atoms with Crippen molar-refractivity contribution in [3.63, 3.8) is 0 Å². The Hall–Kier alpha value is -1.52. The molecule has 0 spiro atoms. The summed E-state index contributed by atoms with van der Waals surface area (Å²) in [5.41, 5.74) is -0.0962. The molecule has 0 amide bonds. The van der Waals surface area contributed by atoms with Gasteiger partial charge in [0, 0.05) is 0 Å². The molecule has 1 aromatic carbocycles. The highest BCUT2D eigenvalue weighted by Crippen LogP contribution is 2.35. The number of hydrogen-bond donors (Lipinski definition) is 0. The van der Waals surface area contributed by atoms with Crippen LogP contribution in [0.4, 0.5) is 13.2 Å². The maximum atomic E-state index is 12.8. The summed E-state index contributed by atoms with van der Waals surface area (Å²) in [7, 11) is 0. The largest absolute Gasteiger partial charge is 0.465 e.